The molecule has 0 atom stereocenters. The van der Waals surface area contributed by atoms with E-state index in [2.05, 4.69) is 30.7 Å². The summed E-state index contributed by atoms with van der Waals surface area (Å²) < 4.78 is 10.6. The number of anilines is 4. The Labute approximate surface area is 203 Å². The van der Waals surface area contributed by atoms with E-state index in [1.165, 1.54) is 0 Å². The number of carbonyl (C=O) groups is 2. The number of pyridine rings is 1. The summed E-state index contributed by atoms with van der Waals surface area (Å²) in [5.41, 5.74) is 1.59. The average Bonchev–Trinajstić information content (AvgIpc) is 3.32. The minimum Gasteiger partial charge on any atom is -0.466 e. The van der Waals surface area contributed by atoms with Gasteiger partial charge in [0.25, 0.3) is 0 Å². The highest BCUT2D eigenvalue weighted by molar-refractivity contribution is 6.00. The van der Waals surface area contributed by atoms with Gasteiger partial charge in [-0.3, -0.25) is 9.59 Å². The summed E-state index contributed by atoms with van der Waals surface area (Å²) in [6.07, 6.45) is 5.56. The van der Waals surface area contributed by atoms with Gasteiger partial charge in [0.05, 0.1) is 24.4 Å². The Balaban J connectivity index is 1.11. The van der Waals surface area contributed by atoms with Crippen molar-refractivity contribution in [2.45, 2.75) is 32.6 Å². The number of piperidine rings is 1. The van der Waals surface area contributed by atoms with E-state index in [-0.39, 0.29) is 29.2 Å². The zero-order chi connectivity index (χ0) is 24.3. The average molecular weight is 477 g/mol. The van der Waals surface area contributed by atoms with Crippen molar-refractivity contribution in [1.29, 1.82) is 0 Å². The predicted octanol–water partition coefficient (Wildman–Crippen LogP) is 4.02. The number of hydrogen-bond donors (Lipinski definition) is 2. The fraction of sp³-hybridized carbons (Fsp3) is 0.400. The van der Waals surface area contributed by atoms with Crippen LogP contribution in [0.4, 0.5) is 23.2 Å². The molecule has 35 heavy (non-hydrogen) atoms. The maximum absolute atomic E-state index is 12.5. The van der Waals surface area contributed by atoms with Crippen LogP contribution < -0.4 is 15.5 Å². The second-order valence-corrected chi connectivity index (χ2v) is 9.11. The van der Waals surface area contributed by atoms with Crippen LogP contribution in [0.15, 0.2) is 53.1 Å². The fourth-order valence-electron chi connectivity index (χ4n) is 4.87. The minimum atomic E-state index is -0.505. The first-order chi connectivity index (χ1) is 17.0. The van der Waals surface area contributed by atoms with Crippen LogP contribution in [0.2, 0.25) is 0 Å². The number of nitrogens with zero attached hydrogens (tertiary/aromatic N) is 4. The molecule has 1 amide bonds. The maximum Gasteiger partial charge on any atom is 0.320 e. The second kappa shape index (κ2) is 9.73. The molecule has 1 aliphatic carbocycles. The van der Waals surface area contributed by atoms with Gasteiger partial charge >= 0.3 is 23.8 Å². The molecule has 0 bridgehead atoms. The molecule has 1 aliphatic heterocycles. The normalized spacial score (nSPS) is 17.0. The lowest BCUT2D eigenvalue weighted by Crippen LogP contribution is -2.49. The minimum absolute atomic E-state index is 0.0518. The first kappa shape index (κ1) is 22.8. The third-order valence-corrected chi connectivity index (χ3v) is 6.78. The van der Waals surface area contributed by atoms with E-state index >= 15 is 0 Å². The Kier molecular flexibility index (Phi) is 6.35. The lowest BCUT2D eigenvalue weighted by Gasteiger charge is -2.51. The monoisotopic (exact) mass is 476 g/mol. The Bertz CT molecular complexity index is 1160. The Hall–Kier alpha value is -3.95. The summed E-state index contributed by atoms with van der Waals surface area (Å²) >= 11 is 0. The third-order valence-electron chi connectivity index (χ3n) is 6.78. The smallest absolute Gasteiger partial charge is 0.320 e. The number of hydrogen-bond acceptors (Lipinski definition) is 9. The molecule has 1 spiro atoms. The standard InChI is InChI=1S/C25H28N6O4/c1-2-34-23(33)17-14-25(15-17)10-12-31(13-11-25)20-9-8-19(16-26-20)27-21(32)22-29-30-24(35-22)28-18-6-4-3-5-7-18/h3-9,16-17H,2,10-15H2,1H3,(H,27,32)(H,28,30). The number of benzene rings is 1. The van der Waals surface area contributed by atoms with Gasteiger partial charge in [0, 0.05) is 18.8 Å². The van der Waals surface area contributed by atoms with Crippen molar-refractivity contribution in [1.82, 2.24) is 15.2 Å². The lowest BCUT2D eigenvalue weighted by atomic mass is 9.57. The van der Waals surface area contributed by atoms with Gasteiger partial charge in [-0.15, -0.1) is 5.10 Å². The van der Waals surface area contributed by atoms with Gasteiger partial charge in [0.1, 0.15) is 5.82 Å². The van der Waals surface area contributed by atoms with E-state index in [9.17, 15) is 9.59 Å². The zero-order valence-electron chi connectivity index (χ0n) is 19.6. The lowest BCUT2D eigenvalue weighted by molar-refractivity contribution is -0.157. The van der Waals surface area contributed by atoms with Crippen molar-refractivity contribution in [3.8, 4) is 0 Å². The highest BCUT2D eigenvalue weighted by Crippen LogP contribution is 2.53. The van der Waals surface area contributed by atoms with Crippen LogP contribution in [0, 0.1) is 11.3 Å². The molecule has 2 fully saturated rings. The maximum atomic E-state index is 12.5. The molecule has 2 N–H and O–H groups in total. The van der Waals surface area contributed by atoms with E-state index in [1.807, 2.05) is 49.4 Å². The first-order valence-electron chi connectivity index (χ1n) is 11.9. The summed E-state index contributed by atoms with van der Waals surface area (Å²) in [6.45, 7) is 4.08. The van der Waals surface area contributed by atoms with Gasteiger partial charge in [-0.2, -0.15) is 0 Å². The quantitative estimate of drug-likeness (QED) is 0.487. The number of amides is 1. The summed E-state index contributed by atoms with van der Waals surface area (Å²) in [4.78, 5) is 31.2. The Morgan fingerprint density at radius 2 is 1.86 bits per heavy atom. The molecule has 2 aliphatic rings. The number of rotatable bonds is 7. The fourth-order valence-corrected chi connectivity index (χ4v) is 4.87. The highest BCUT2D eigenvalue weighted by atomic mass is 16.5. The Morgan fingerprint density at radius 3 is 2.54 bits per heavy atom. The van der Waals surface area contributed by atoms with Crippen molar-refractivity contribution in [3.63, 3.8) is 0 Å². The number of nitrogens with one attached hydrogen (secondary N) is 2. The number of aromatic nitrogens is 3. The second-order valence-electron chi connectivity index (χ2n) is 9.11. The van der Waals surface area contributed by atoms with Crippen molar-refractivity contribution >= 4 is 35.1 Å². The molecule has 10 heteroatoms. The topological polar surface area (TPSA) is 122 Å². The van der Waals surface area contributed by atoms with Crippen molar-refractivity contribution < 1.29 is 18.7 Å². The zero-order valence-corrected chi connectivity index (χ0v) is 19.6. The molecule has 5 rings (SSSR count). The molecule has 0 unspecified atom stereocenters. The largest absolute Gasteiger partial charge is 0.466 e. The van der Waals surface area contributed by atoms with Gasteiger partial charge in [0.15, 0.2) is 0 Å². The number of esters is 1. The number of para-hydroxylation sites is 1. The van der Waals surface area contributed by atoms with Crippen LogP contribution in [-0.4, -0.2) is 46.8 Å². The van der Waals surface area contributed by atoms with Crippen molar-refractivity contribution in [2.75, 3.05) is 35.2 Å². The van der Waals surface area contributed by atoms with Gasteiger partial charge in [-0.25, -0.2) is 4.98 Å². The molecule has 0 radical (unpaired) electrons. The van der Waals surface area contributed by atoms with E-state index in [0.29, 0.717) is 12.3 Å². The van der Waals surface area contributed by atoms with Crippen LogP contribution in [0.3, 0.4) is 0 Å². The van der Waals surface area contributed by atoms with E-state index < -0.39 is 5.91 Å². The molecular weight excluding hydrogens is 448 g/mol. The van der Waals surface area contributed by atoms with E-state index in [1.54, 1.807) is 6.20 Å². The molecule has 182 valence electrons. The van der Waals surface area contributed by atoms with Crippen LogP contribution >= 0.6 is 0 Å². The van der Waals surface area contributed by atoms with Crippen LogP contribution in [-0.2, 0) is 9.53 Å². The molecule has 1 saturated carbocycles. The SMILES string of the molecule is CCOC(=O)C1CC2(CCN(c3ccc(NC(=O)c4nnc(Nc5ccccc5)o4)cn3)CC2)C1. The number of ether oxygens (including phenoxy) is 1. The highest BCUT2D eigenvalue weighted by Gasteiger charge is 2.49. The van der Waals surface area contributed by atoms with Crippen LogP contribution in [0.25, 0.3) is 0 Å². The van der Waals surface area contributed by atoms with Crippen LogP contribution in [0.5, 0.6) is 0 Å². The summed E-state index contributed by atoms with van der Waals surface area (Å²) in [5, 5.41) is 13.4. The van der Waals surface area contributed by atoms with Crippen LogP contribution in [0.1, 0.15) is 43.3 Å². The summed E-state index contributed by atoms with van der Waals surface area (Å²) in [7, 11) is 0. The van der Waals surface area contributed by atoms with Gasteiger partial charge in [-0.1, -0.05) is 23.3 Å². The Morgan fingerprint density at radius 1 is 1.09 bits per heavy atom. The number of carbonyl (C=O) groups excluding carboxylic acids is 2. The van der Waals surface area contributed by atoms with Gasteiger partial charge in [-0.05, 0) is 62.3 Å². The molecule has 1 saturated heterocycles. The first-order valence-corrected chi connectivity index (χ1v) is 11.9. The molecule has 2 aromatic heterocycles. The van der Waals surface area contributed by atoms with E-state index in [0.717, 1.165) is 50.3 Å². The molecule has 10 nitrogen and oxygen atoms in total. The molecule has 3 aromatic rings. The molecule has 1 aromatic carbocycles. The van der Waals surface area contributed by atoms with Gasteiger partial charge in [0.2, 0.25) is 0 Å². The molecular formula is C25H28N6O4. The van der Waals surface area contributed by atoms with Crippen molar-refractivity contribution in [2.24, 2.45) is 11.3 Å². The predicted molar refractivity (Wildman–Crippen MR) is 129 cm³/mol. The summed E-state index contributed by atoms with van der Waals surface area (Å²) in [5.74, 6) is 0.228. The van der Waals surface area contributed by atoms with Gasteiger partial charge < -0.3 is 24.7 Å². The molecule has 3 heterocycles. The third kappa shape index (κ3) is 5.11. The van der Waals surface area contributed by atoms with Crippen molar-refractivity contribution in [3.05, 3.63) is 54.6 Å². The summed E-state index contributed by atoms with van der Waals surface area (Å²) in [6, 6.07) is 13.2. The van der Waals surface area contributed by atoms with E-state index in [4.69, 9.17) is 9.15 Å².